The zero-order chi connectivity index (χ0) is 9.97. The standard InChI is InChI=1S/C10H16ClN3/c1-2-5-14-10(6-8-3-4-8)9(7-11)12-13-14/h8H,2-7H2,1H3. The highest BCUT2D eigenvalue weighted by atomic mass is 35.5. The molecule has 1 saturated carbocycles. The maximum Gasteiger partial charge on any atom is 0.101 e. The van der Waals surface area contributed by atoms with Crippen LogP contribution in [-0.2, 0) is 18.8 Å². The van der Waals surface area contributed by atoms with E-state index >= 15 is 0 Å². The fraction of sp³-hybridized carbons (Fsp3) is 0.800. The molecule has 1 heterocycles. The summed E-state index contributed by atoms with van der Waals surface area (Å²) in [4.78, 5) is 0. The molecule has 0 N–H and O–H groups in total. The first kappa shape index (κ1) is 9.97. The lowest BCUT2D eigenvalue weighted by Crippen LogP contribution is -2.06. The van der Waals surface area contributed by atoms with Gasteiger partial charge in [-0.1, -0.05) is 12.1 Å². The Kier molecular flexibility index (Phi) is 3.06. The molecule has 1 aliphatic rings. The van der Waals surface area contributed by atoms with E-state index in [1.807, 2.05) is 4.68 Å². The lowest BCUT2D eigenvalue weighted by molar-refractivity contribution is 0.547. The zero-order valence-corrected chi connectivity index (χ0v) is 9.30. The van der Waals surface area contributed by atoms with Gasteiger partial charge < -0.3 is 0 Å². The Morgan fingerprint density at radius 2 is 2.29 bits per heavy atom. The molecule has 0 atom stereocenters. The third kappa shape index (κ3) is 2.08. The first-order chi connectivity index (χ1) is 6.85. The van der Waals surface area contributed by atoms with Crippen molar-refractivity contribution in [3.63, 3.8) is 0 Å². The summed E-state index contributed by atoms with van der Waals surface area (Å²) >= 11 is 5.83. The number of hydrogen-bond donors (Lipinski definition) is 0. The summed E-state index contributed by atoms with van der Waals surface area (Å²) in [6.45, 7) is 3.12. The van der Waals surface area contributed by atoms with Gasteiger partial charge in [0.25, 0.3) is 0 Å². The van der Waals surface area contributed by atoms with E-state index in [1.54, 1.807) is 0 Å². The molecule has 14 heavy (non-hydrogen) atoms. The fourth-order valence-corrected chi connectivity index (χ4v) is 1.89. The molecule has 4 heteroatoms. The van der Waals surface area contributed by atoms with Crippen LogP contribution < -0.4 is 0 Å². The van der Waals surface area contributed by atoms with Crippen molar-refractivity contribution in [3.05, 3.63) is 11.4 Å². The van der Waals surface area contributed by atoms with Gasteiger partial charge >= 0.3 is 0 Å². The summed E-state index contributed by atoms with van der Waals surface area (Å²) in [5, 5.41) is 8.25. The molecule has 0 radical (unpaired) electrons. The summed E-state index contributed by atoms with van der Waals surface area (Å²) in [5.74, 6) is 1.36. The second kappa shape index (κ2) is 4.30. The normalized spacial score (nSPS) is 16.1. The minimum atomic E-state index is 0.492. The van der Waals surface area contributed by atoms with E-state index in [2.05, 4.69) is 17.2 Å². The molecule has 2 rings (SSSR count). The van der Waals surface area contributed by atoms with E-state index in [1.165, 1.54) is 18.5 Å². The minimum absolute atomic E-state index is 0.492. The Balaban J connectivity index is 2.15. The number of hydrogen-bond acceptors (Lipinski definition) is 2. The van der Waals surface area contributed by atoms with Crippen molar-refractivity contribution in [3.8, 4) is 0 Å². The van der Waals surface area contributed by atoms with Crippen LogP contribution in [0.1, 0.15) is 37.6 Å². The van der Waals surface area contributed by atoms with Gasteiger partial charge in [0, 0.05) is 6.54 Å². The lowest BCUT2D eigenvalue weighted by Gasteiger charge is -2.04. The van der Waals surface area contributed by atoms with Crippen molar-refractivity contribution in [2.45, 2.75) is 45.0 Å². The molecule has 1 aromatic rings. The van der Waals surface area contributed by atoms with Gasteiger partial charge in [0.1, 0.15) is 5.69 Å². The van der Waals surface area contributed by atoms with Crippen molar-refractivity contribution in [1.82, 2.24) is 15.0 Å². The van der Waals surface area contributed by atoms with Crippen LogP contribution in [0.5, 0.6) is 0 Å². The first-order valence-electron chi connectivity index (χ1n) is 5.32. The van der Waals surface area contributed by atoms with Gasteiger partial charge in [0.2, 0.25) is 0 Å². The SMILES string of the molecule is CCCn1nnc(CCl)c1CC1CC1. The van der Waals surface area contributed by atoms with Crippen LogP contribution in [0.2, 0.25) is 0 Å². The monoisotopic (exact) mass is 213 g/mol. The molecule has 0 unspecified atom stereocenters. The van der Waals surface area contributed by atoms with E-state index in [0.29, 0.717) is 5.88 Å². The highest BCUT2D eigenvalue weighted by Gasteiger charge is 2.25. The van der Waals surface area contributed by atoms with E-state index < -0.39 is 0 Å². The van der Waals surface area contributed by atoms with Crippen molar-refractivity contribution in [1.29, 1.82) is 0 Å². The summed E-state index contributed by atoms with van der Waals surface area (Å²) in [6, 6.07) is 0. The zero-order valence-electron chi connectivity index (χ0n) is 8.54. The Morgan fingerprint density at radius 3 is 2.86 bits per heavy atom. The molecule has 0 aliphatic heterocycles. The predicted molar refractivity (Wildman–Crippen MR) is 56.3 cm³/mol. The van der Waals surface area contributed by atoms with E-state index in [9.17, 15) is 0 Å². The number of nitrogens with zero attached hydrogens (tertiary/aromatic N) is 3. The maximum absolute atomic E-state index is 5.83. The minimum Gasteiger partial charge on any atom is -0.249 e. The average Bonchev–Trinajstić information content (AvgIpc) is 2.91. The number of aromatic nitrogens is 3. The molecule has 0 aromatic carbocycles. The Bertz CT molecular complexity index is 304. The second-order valence-electron chi connectivity index (χ2n) is 3.99. The van der Waals surface area contributed by atoms with Crippen molar-refractivity contribution >= 4 is 11.6 Å². The van der Waals surface area contributed by atoms with Gasteiger partial charge in [-0.2, -0.15) is 0 Å². The summed E-state index contributed by atoms with van der Waals surface area (Å²) < 4.78 is 2.02. The first-order valence-corrected chi connectivity index (χ1v) is 5.85. The number of aryl methyl sites for hydroxylation is 1. The maximum atomic E-state index is 5.83. The predicted octanol–water partition coefficient (Wildman–Crippen LogP) is 2.38. The van der Waals surface area contributed by atoms with E-state index in [4.69, 9.17) is 11.6 Å². The molecule has 0 saturated heterocycles. The van der Waals surface area contributed by atoms with Crippen LogP contribution in [0.3, 0.4) is 0 Å². The molecule has 0 spiro atoms. The average molecular weight is 214 g/mol. The van der Waals surface area contributed by atoms with Crippen LogP contribution in [0.4, 0.5) is 0 Å². The summed E-state index contributed by atoms with van der Waals surface area (Å²) in [6.07, 6.45) is 4.94. The topological polar surface area (TPSA) is 30.7 Å². The quantitative estimate of drug-likeness (QED) is 0.704. The molecule has 0 amide bonds. The van der Waals surface area contributed by atoms with Crippen LogP contribution in [0.15, 0.2) is 0 Å². The summed E-state index contributed by atoms with van der Waals surface area (Å²) in [7, 11) is 0. The Morgan fingerprint density at radius 1 is 1.50 bits per heavy atom. The molecule has 78 valence electrons. The van der Waals surface area contributed by atoms with Gasteiger partial charge in [-0.05, 0) is 31.6 Å². The van der Waals surface area contributed by atoms with Gasteiger partial charge in [0.05, 0.1) is 11.6 Å². The fourth-order valence-electron chi connectivity index (χ4n) is 1.68. The van der Waals surface area contributed by atoms with Gasteiger partial charge in [0.15, 0.2) is 0 Å². The number of halogens is 1. The van der Waals surface area contributed by atoms with E-state index in [-0.39, 0.29) is 0 Å². The molecule has 1 fully saturated rings. The van der Waals surface area contributed by atoms with Crippen molar-refractivity contribution in [2.24, 2.45) is 5.92 Å². The van der Waals surface area contributed by atoms with Gasteiger partial charge in [-0.25, -0.2) is 4.68 Å². The molecule has 1 aromatic heterocycles. The van der Waals surface area contributed by atoms with Crippen LogP contribution in [0.25, 0.3) is 0 Å². The molecular formula is C10H16ClN3. The molecule has 0 bridgehead atoms. The largest absolute Gasteiger partial charge is 0.249 e. The van der Waals surface area contributed by atoms with Crippen molar-refractivity contribution < 1.29 is 0 Å². The molecular weight excluding hydrogens is 198 g/mol. The van der Waals surface area contributed by atoms with Crippen molar-refractivity contribution in [2.75, 3.05) is 0 Å². The van der Waals surface area contributed by atoms with Gasteiger partial charge in [-0.15, -0.1) is 16.7 Å². The van der Waals surface area contributed by atoms with Crippen LogP contribution in [0, 0.1) is 5.92 Å². The Labute approximate surface area is 89.4 Å². The van der Waals surface area contributed by atoms with E-state index in [0.717, 1.165) is 31.0 Å². The summed E-state index contributed by atoms with van der Waals surface area (Å²) in [5.41, 5.74) is 2.25. The number of alkyl halides is 1. The smallest absolute Gasteiger partial charge is 0.101 e. The third-order valence-corrected chi connectivity index (χ3v) is 2.91. The molecule has 1 aliphatic carbocycles. The lowest BCUT2D eigenvalue weighted by atomic mass is 10.2. The highest BCUT2D eigenvalue weighted by Crippen LogP contribution is 2.33. The molecule has 3 nitrogen and oxygen atoms in total. The number of rotatable bonds is 5. The van der Waals surface area contributed by atoms with Crippen LogP contribution in [-0.4, -0.2) is 15.0 Å². The van der Waals surface area contributed by atoms with Gasteiger partial charge in [-0.3, -0.25) is 0 Å². The third-order valence-electron chi connectivity index (χ3n) is 2.66. The highest BCUT2D eigenvalue weighted by molar-refractivity contribution is 6.16. The Hall–Kier alpha value is -0.570. The second-order valence-corrected chi connectivity index (χ2v) is 4.25. The van der Waals surface area contributed by atoms with Crippen LogP contribution >= 0.6 is 11.6 Å².